The van der Waals surface area contributed by atoms with Gasteiger partial charge in [-0.25, -0.2) is 4.57 Å². The first kappa shape index (κ1) is 32.3. The molecule has 0 atom stereocenters. The molecule has 2 amide bonds. The van der Waals surface area contributed by atoms with Crippen molar-refractivity contribution in [1.82, 2.24) is 4.90 Å². The predicted molar refractivity (Wildman–Crippen MR) is 157 cm³/mol. The summed E-state index contributed by atoms with van der Waals surface area (Å²) in [5, 5.41) is 0. The fraction of sp³-hybridized carbons (Fsp3) is 0.606. The third kappa shape index (κ3) is 12.2. The van der Waals surface area contributed by atoms with E-state index in [0.29, 0.717) is 36.6 Å². The molecular formula is C33H51N2O4+. The Kier molecular flexibility index (Phi) is 15.9. The Labute approximate surface area is 236 Å². The molecule has 1 heterocycles. The number of hydrogen-bond acceptors (Lipinski definition) is 4. The number of rotatable bonds is 20. The Morgan fingerprint density at radius 2 is 1.46 bits per heavy atom. The van der Waals surface area contributed by atoms with Crippen molar-refractivity contribution in [3.05, 3.63) is 53.9 Å². The van der Waals surface area contributed by atoms with Crippen molar-refractivity contribution in [3.8, 4) is 11.5 Å². The van der Waals surface area contributed by atoms with Crippen LogP contribution >= 0.6 is 0 Å². The lowest BCUT2D eigenvalue weighted by molar-refractivity contribution is -0.679. The molecule has 0 saturated heterocycles. The molecule has 0 aliphatic rings. The molecule has 0 N–H and O–H groups in total. The van der Waals surface area contributed by atoms with Gasteiger partial charge >= 0.3 is 0 Å². The number of imide groups is 1. The van der Waals surface area contributed by atoms with E-state index < -0.39 is 0 Å². The van der Waals surface area contributed by atoms with Crippen LogP contribution < -0.4 is 14.0 Å². The highest BCUT2D eigenvalue weighted by atomic mass is 16.5. The van der Waals surface area contributed by atoms with Gasteiger partial charge in [0.2, 0.25) is 5.91 Å². The van der Waals surface area contributed by atoms with Crippen LogP contribution in [0.4, 0.5) is 0 Å². The van der Waals surface area contributed by atoms with Gasteiger partial charge in [0, 0.05) is 37.6 Å². The number of carbonyl (C=O) groups excluding carboxylic acids is 2. The summed E-state index contributed by atoms with van der Waals surface area (Å²) >= 11 is 0. The molecule has 0 fully saturated rings. The summed E-state index contributed by atoms with van der Waals surface area (Å²) in [7, 11) is 3.57. The molecule has 0 spiro atoms. The van der Waals surface area contributed by atoms with Crippen LogP contribution in [0, 0.1) is 0 Å². The Morgan fingerprint density at radius 3 is 2.05 bits per heavy atom. The predicted octanol–water partition coefficient (Wildman–Crippen LogP) is 7.22. The first-order valence-corrected chi connectivity index (χ1v) is 15.0. The summed E-state index contributed by atoms with van der Waals surface area (Å²) in [5.41, 5.74) is 1.58. The fourth-order valence-corrected chi connectivity index (χ4v) is 4.84. The van der Waals surface area contributed by atoms with E-state index in [9.17, 15) is 9.59 Å². The van der Waals surface area contributed by atoms with Gasteiger partial charge in [0.05, 0.1) is 13.7 Å². The molecular weight excluding hydrogens is 488 g/mol. The van der Waals surface area contributed by atoms with E-state index >= 15 is 0 Å². The van der Waals surface area contributed by atoms with Gasteiger partial charge in [-0.3, -0.25) is 14.5 Å². The number of methoxy groups -OCH3 is 1. The van der Waals surface area contributed by atoms with Crippen LogP contribution in [-0.2, 0) is 18.3 Å². The number of carbonyl (C=O) groups is 2. The average Bonchev–Trinajstić information content (AvgIpc) is 2.94. The lowest BCUT2D eigenvalue weighted by atomic mass is 10.1. The molecule has 6 heteroatoms. The number of ether oxygens (including phenoxy) is 2. The van der Waals surface area contributed by atoms with E-state index in [1.807, 2.05) is 25.4 Å². The zero-order valence-electron chi connectivity index (χ0n) is 24.9. The highest BCUT2D eigenvalue weighted by molar-refractivity contribution is 6.04. The summed E-state index contributed by atoms with van der Waals surface area (Å²) in [6, 6.07) is 11.2. The van der Waals surface area contributed by atoms with Crippen molar-refractivity contribution < 1.29 is 23.6 Å². The standard InChI is InChI=1S/C33H51N2O4/c1-5-6-7-8-9-10-11-12-13-14-15-18-26-39-31-23-22-29(27-32(31)38-4)33(37)35(28(2)36)25-19-21-30-20-16-17-24-34(30)3/h16-17,20,22-24,27H,5-15,18-19,21,25-26H2,1-4H3/q+1. The maximum atomic E-state index is 13.2. The number of aryl methyl sites for hydroxylation is 2. The number of unbranched alkanes of at least 4 members (excludes halogenated alkanes) is 11. The van der Waals surface area contributed by atoms with Gasteiger partial charge in [-0.05, 0) is 31.0 Å². The van der Waals surface area contributed by atoms with E-state index in [1.54, 1.807) is 25.3 Å². The molecule has 1 aromatic heterocycles. The Bertz CT molecular complexity index is 991. The summed E-state index contributed by atoms with van der Waals surface area (Å²) in [6.45, 7) is 4.68. The molecule has 39 heavy (non-hydrogen) atoms. The summed E-state index contributed by atoms with van der Waals surface area (Å²) in [4.78, 5) is 26.8. The topological polar surface area (TPSA) is 59.7 Å². The Balaban J connectivity index is 1.73. The van der Waals surface area contributed by atoms with Crippen LogP contribution in [0.1, 0.15) is 113 Å². The second-order valence-electron chi connectivity index (χ2n) is 10.5. The molecule has 0 aliphatic heterocycles. The van der Waals surface area contributed by atoms with Crippen molar-refractivity contribution in [1.29, 1.82) is 0 Å². The van der Waals surface area contributed by atoms with Gasteiger partial charge in [0.15, 0.2) is 23.4 Å². The molecule has 6 nitrogen and oxygen atoms in total. The fourth-order valence-electron chi connectivity index (χ4n) is 4.84. The zero-order chi connectivity index (χ0) is 28.3. The summed E-state index contributed by atoms with van der Waals surface area (Å²) in [5.74, 6) is 0.567. The number of hydrogen-bond donors (Lipinski definition) is 0. The van der Waals surface area contributed by atoms with Gasteiger partial charge in [-0.15, -0.1) is 0 Å². The molecule has 2 aromatic rings. The number of nitrogens with zero attached hydrogens (tertiary/aromatic N) is 2. The second kappa shape index (κ2) is 19.2. The third-order valence-corrected chi connectivity index (χ3v) is 7.27. The molecule has 1 aromatic carbocycles. The number of benzene rings is 1. The van der Waals surface area contributed by atoms with Gasteiger partial charge in [-0.2, -0.15) is 0 Å². The zero-order valence-corrected chi connectivity index (χ0v) is 24.9. The normalized spacial score (nSPS) is 10.9. The van der Waals surface area contributed by atoms with Gasteiger partial charge in [-0.1, -0.05) is 83.6 Å². The first-order valence-electron chi connectivity index (χ1n) is 15.0. The lowest BCUT2D eigenvalue weighted by Crippen LogP contribution is -2.37. The maximum Gasteiger partial charge on any atom is 0.260 e. The SMILES string of the molecule is CCCCCCCCCCCCCCOc1ccc(C(=O)N(CCCc2cccc[n+]2C)C(C)=O)cc1OC. The highest BCUT2D eigenvalue weighted by Gasteiger charge is 2.21. The van der Waals surface area contributed by atoms with E-state index in [-0.39, 0.29) is 11.8 Å². The van der Waals surface area contributed by atoms with Crippen LogP contribution in [0.25, 0.3) is 0 Å². The van der Waals surface area contributed by atoms with E-state index in [2.05, 4.69) is 17.6 Å². The number of aromatic nitrogens is 1. The van der Waals surface area contributed by atoms with Crippen molar-refractivity contribution >= 4 is 11.8 Å². The largest absolute Gasteiger partial charge is 0.493 e. The quantitative estimate of drug-likeness (QED) is 0.132. The van der Waals surface area contributed by atoms with Crippen LogP contribution in [0.3, 0.4) is 0 Å². The molecule has 0 saturated carbocycles. The van der Waals surface area contributed by atoms with E-state index in [0.717, 1.165) is 25.0 Å². The van der Waals surface area contributed by atoms with Crippen LogP contribution in [-0.4, -0.2) is 37.0 Å². The van der Waals surface area contributed by atoms with E-state index in [1.165, 1.54) is 76.0 Å². The maximum absolute atomic E-state index is 13.2. The van der Waals surface area contributed by atoms with Crippen molar-refractivity contribution in [2.75, 3.05) is 20.3 Å². The summed E-state index contributed by atoms with van der Waals surface area (Å²) in [6.07, 6.45) is 19.1. The van der Waals surface area contributed by atoms with Gasteiger partial charge in [0.1, 0.15) is 7.05 Å². The van der Waals surface area contributed by atoms with Gasteiger partial charge < -0.3 is 9.47 Å². The minimum atomic E-state index is -0.314. The first-order chi connectivity index (χ1) is 19.0. The molecule has 0 bridgehead atoms. The molecule has 0 unspecified atom stereocenters. The van der Waals surface area contributed by atoms with Crippen molar-refractivity contribution in [2.45, 2.75) is 104 Å². The summed E-state index contributed by atoms with van der Waals surface area (Å²) < 4.78 is 13.5. The molecule has 216 valence electrons. The van der Waals surface area contributed by atoms with Crippen LogP contribution in [0.5, 0.6) is 11.5 Å². The third-order valence-electron chi connectivity index (χ3n) is 7.27. The smallest absolute Gasteiger partial charge is 0.260 e. The van der Waals surface area contributed by atoms with Crippen LogP contribution in [0.2, 0.25) is 0 Å². The van der Waals surface area contributed by atoms with Gasteiger partial charge in [0.25, 0.3) is 5.91 Å². The number of pyridine rings is 1. The molecule has 0 radical (unpaired) electrons. The molecule has 0 aliphatic carbocycles. The Morgan fingerprint density at radius 1 is 0.821 bits per heavy atom. The average molecular weight is 540 g/mol. The minimum Gasteiger partial charge on any atom is -0.493 e. The second-order valence-corrected chi connectivity index (χ2v) is 10.5. The van der Waals surface area contributed by atoms with E-state index in [4.69, 9.17) is 9.47 Å². The Hall–Kier alpha value is -2.89. The monoisotopic (exact) mass is 539 g/mol. The van der Waals surface area contributed by atoms with Crippen LogP contribution in [0.15, 0.2) is 42.6 Å². The number of amides is 2. The lowest BCUT2D eigenvalue weighted by Gasteiger charge is -2.20. The van der Waals surface area contributed by atoms with Crippen molar-refractivity contribution in [2.24, 2.45) is 7.05 Å². The highest BCUT2D eigenvalue weighted by Crippen LogP contribution is 2.29. The minimum absolute atomic E-state index is 0.260. The van der Waals surface area contributed by atoms with Crippen molar-refractivity contribution in [3.63, 3.8) is 0 Å². The molecule has 2 rings (SSSR count).